The van der Waals surface area contributed by atoms with Crippen LogP contribution in [0.4, 0.5) is 0 Å². The van der Waals surface area contributed by atoms with E-state index < -0.39 is 0 Å². The molecule has 0 radical (unpaired) electrons. The Balaban J connectivity index is 1.06. The number of piperazine rings is 1. The highest BCUT2D eigenvalue weighted by Gasteiger charge is 2.26. The smallest absolute Gasteiger partial charge is 0.237 e. The molecule has 0 unspecified atom stereocenters. The lowest BCUT2D eigenvalue weighted by atomic mass is 9.96. The third kappa shape index (κ3) is 6.33. The fourth-order valence-electron chi connectivity index (χ4n) is 4.91. The van der Waals surface area contributed by atoms with Crippen molar-refractivity contribution >= 4 is 5.65 Å². The minimum atomic E-state index is 0.284. The maximum Gasteiger partial charge on any atom is 0.237 e. The molecular weight excluding hydrogens is 464 g/mol. The second kappa shape index (κ2) is 12.3. The quantitative estimate of drug-likeness (QED) is 0.288. The lowest BCUT2D eigenvalue weighted by Crippen LogP contribution is -2.48. The molecule has 1 saturated heterocycles. The number of hydrogen-bond donors (Lipinski definition) is 0. The van der Waals surface area contributed by atoms with Crippen molar-refractivity contribution in [1.82, 2.24) is 29.6 Å². The van der Waals surface area contributed by atoms with Gasteiger partial charge in [0.15, 0.2) is 5.65 Å². The van der Waals surface area contributed by atoms with Gasteiger partial charge < -0.3 is 9.47 Å². The lowest BCUT2D eigenvalue weighted by molar-refractivity contribution is 0.0546. The minimum absolute atomic E-state index is 0.284. The van der Waals surface area contributed by atoms with Crippen molar-refractivity contribution in [1.29, 1.82) is 0 Å². The summed E-state index contributed by atoms with van der Waals surface area (Å²) >= 11 is 0. The Bertz CT molecular complexity index is 1200. The summed E-state index contributed by atoms with van der Waals surface area (Å²) in [5, 5.41) is 8.58. The Labute approximate surface area is 218 Å². The molecule has 1 fully saturated rings. The molecule has 1 aliphatic heterocycles. The van der Waals surface area contributed by atoms with Gasteiger partial charge in [0.25, 0.3) is 0 Å². The number of benzene rings is 2. The molecule has 0 spiro atoms. The largest absolute Gasteiger partial charge is 0.474 e. The molecule has 0 N–H and O–H groups in total. The molecule has 8 heteroatoms. The highest BCUT2D eigenvalue weighted by atomic mass is 16.5. The van der Waals surface area contributed by atoms with Gasteiger partial charge in [0.2, 0.25) is 5.88 Å². The van der Waals surface area contributed by atoms with Crippen LogP contribution >= 0.6 is 0 Å². The van der Waals surface area contributed by atoms with Gasteiger partial charge in [-0.1, -0.05) is 74.5 Å². The molecule has 2 aromatic carbocycles. The molecule has 0 bridgehead atoms. The van der Waals surface area contributed by atoms with E-state index in [4.69, 9.17) is 9.47 Å². The van der Waals surface area contributed by atoms with E-state index >= 15 is 0 Å². The van der Waals surface area contributed by atoms with Crippen LogP contribution in [0.25, 0.3) is 5.65 Å². The first-order valence-electron chi connectivity index (χ1n) is 13.2. The van der Waals surface area contributed by atoms with Crippen molar-refractivity contribution in [3.8, 4) is 5.88 Å². The van der Waals surface area contributed by atoms with Crippen LogP contribution in [0.1, 0.15) is 42.5 Å². The normalized spacial score (nSPS) is 15.1. The second-order valence-electron chi connectivity index (χ2n) is 9.73. The molecule has 4 aromatic rings. The van der Waals surface area contributed by atoms with E-state index in [1.807, 2.05) is 6.07 Å². The van der Waals surface area contributed by atoms with Crippen molar-refractivity contribution in [2.24, 2.45) is 0 Å². The first-order chi connectivity index (χ1) is 18.2. The van der Waals surface area contributed by atoms with E-state index in [1.54, 1.807) is 0 Å². The zero-order valence-corrected chi connectivity index (χ0v) is 21.7. The first-order valence-corrected chi connectivity index (χ1v) is 13.2. The molecular formula is C29H36N6O2. The number of nitrogens with zero attached hydrogens (tertiary/aromatic N) is 6. The summed E-state index contributed by atoms with van der Waals surface area (Å²) in [6.45, 7) is 11.0. The van der Waals surface area contributed by atoms with Gasteiger partial charge in [-0.3, -0.25) is 9.80 Å². The molecule has 1 aliphatic rings. The van der Waals surface area contributed by atoms with E-state index in [0.29, 0.717) is 31.7 Å². The topological polar surface area (TPSA) is 68.0 Å². The van der Waals surface area contributed by atoms with Gasteiger partial charge in [0, 0.05) is 38.3 Å². The van der Waals surface area contributed by atoms with Gasteiger partial charge in [0.05, 0.1) is 19.3 Å². The number of ether oxygens (including phenoxy) is 2. The summed E-state index contributed by atoms with van der Waals surface area (Å²) in [7, 11) is 0. The Morgan fingerprint density at radius 1 is 0.838 bits per heavy atom. The van der Waals surface area contributed by atoms with Gasteiger partial charge in [-0.15, -0.1) is 14.8 Å². The Kier molecular flexibility index (Phi) is 8.40. The van der Waals surface area contributed by atoms with Crippen LogP contribution in [0.15, 0.2) is 73.1 Å². The van der Waals surface area contributed by atoms with Crippen LogP contribution in [0.3, 0.4) is 0 Å². The van der Waals surface area contributed by atoms with Crippen LogP contribution in [0, 0.1) is 0 Å². The molecule has 0 amide bonds. The van der Waals surface area contributed by atoms with E-state index in [9.17, 15) is 0 Å². The molecule has 0 aliphatic carbocycles. The van der Waals surface area contributed by atoms with Crippen LogP contribution in [-0.2, 0) is 4.74 Å². The summed E-state index contributed by atoms with van der Waals surface area (Å²) in [6.07, 6.45) is 1.50. The molecule has 2 aromatic heterocycles. The lowest BCUT2D eigenvalue weighted by Gasteiger charge is -2.39. The maximum absolute atomic E-state index is 5.95. The standard InChI is InChI=1S/C29H36N6O2/c1-23(2)26-21-27-30-22-31-35(27)32-29(26)37-20-19-36-18-17-33-13-15-34(16-14-33)28(24-9-5-3-6-10-24)25-11-7-4-8-12-25/h3-12,21-23,28H,13-20H2,1-2H3. The Hall–Kier alpha value is -3.33. The van der Waals surface area contributed by atoms with E-state index in [2.05, 4.69) is 99.5 Å². The fourth-order valence-corrected chi connectivity index (χ4v) is 4.91. The van der Waals surface area contributed by atoms with Gasteiger partial charge in [-0.2, -0.15) is 0 Å². The SMILES string of the molecule is CC(C)c1cc2ncnn2nc1OCCOCCN1CCN(C(c2ccccc2)c2ccccc2)CC1. The monoisotopic (exact) mass is 500 g/mol. The molecule has 37 heavy (non-hydrogen) atoms. The maximum atomic E-state index is 5.95. The predicted molar refractivity (Wildman–Crippen MR) is 144 cm³/mol. The number of hydrogen-bond acceptors (Lipinski definition) is 7. The summed E-state index contributed by atoms with van der Waals surface area (Å²) in [5.74, 6) is 0.881. The van der Waals surface area contributed by atoms with E-state index in [0.717, 1.165) is 43.9 Å². The minimum Gasteiger partial charge on any atom is -0.474 e. The predicted octanol–water partition coefficient (Wildman–Crippen LogP) is 4.05. The van der Waals surface area contributed by atoms with Gasteiger partial charge in [0.1, 0.15) is 12.9 Å². The van der Waals surface area contributed by atoms with Gasteiger partial charge >= 0.3 is 0 Å². The van der Waals surface area contributed by atoms with Crippen molar-refractivity contribution in [3.05, 3.63) is 89.7 Å². The van der Waals surface area contributed by atoms with Crippen molar-refractivity contribution < 1.29 is 9.47 Å². The van der Waals surface area contributed by atoms with Crippen LogP contribution in [-0.4, -0.2) is 82.2 Å². The molecule has 194 valence electrons. The first kappa shape index (κ1) is 25.3. The molecule has 8 nitrogen and oxygen atoms in total. The average Bonchev–Trinajstić information content (AvgIpc) is 3.40. The van der Waals surface area contributed by atoms with Gasteiger partial charge in [-0.05, 0) is 23.1 Å². The number of rotatable bonds is 11. The van der Waals surface area contributed by atoms with E-state index in [-0.39, 0.29) is 5.92 Å². The summed E-state index contributed by atoms with van der Waals surface area (Å²) < 4.78 is 13.4. The summed E-state index contributed by atoms with van der Waals surface area (Å²) in [6, 6.07) is 23.9. The fraction of sp³-hybridized carbons (Fsp3) is 0.414. The third-order valence-corrected chi connectivity index (χ3v) is 6.92. The number of aromatic nitrogens is 4. The van der Waals surface area contributed by atoms with Crippen molar-refractivity contribution in [2.45, 2.75) is 25.8 Å². The molecule has 0 atom stereocenters. The van der Waals surface area contributed by atoms with Crippen LogP contribution in [0.2, 0.25) is 0 Å². The Morgan fingerprint density at radius 2 is 1.51 bits per heavy atom. The molecule has 0 saturated carbocycles. The molecule has 3 heterocycles. The summed E-state index contributed by atoms with van der Waals surface area (Å²) in [4.78, 5) is 9.30. The van der Waals surface area contributed by atoms with Crippen LogP contribution in [0.5, 0.6) is 5.88 Å². The highest BCUT2D eigenvalue weighted by Crippen LogP contribution is 2.29. The third-order valence-electron chi connectivity index (χ3n) is 6.92. The second-order valence-corrected chi connectivity index (χ2v) is 9.73. The highest BCUT2D eigenvalue weighted by molar-refractivity contribution is 5.43. The Morgan fingerprint density at radius 3 is 2.16 bits per heavy atom. The van der Waals surface area contributed by atoms with Gasteiger partial charge in [-0.25, -0.2) is 4.98 Å². The zero-order chi connectivity index (χ0) is 25.5. The van der Waals surface area contributed by atoms with E-state index in [1.165, 1.54) is 22.1 Å². The van der Waals surface area contributed by atoms with Crippen LogP contribution < -0.4 is 4.74 Å². The number of fused-ring (bicyclic) bond motifs is 1. The molecule has 5 rings (SSSR count). The van der Waals surface area contributed by atoms with Crippen molar-refractivity contribution in [2.75, 3.05) is 52.5 Å². The zero-order valence-electron chi connectivity index (χ0n) is 21.7. The summed E-state index contributed by atoms with van der Waals surface area (Å²) in [5.41, 5.74) is 4.46. The average molecular weight is 501 g/mol. The van der Waals surface area contributed by atoms with Crippen molar-refractivity contribution in [3.63, 3.8) is 0 Å².